The lowest BCUT2D eigenvalue weighted by Gasteiger charge is -2.10. The van der Waals surface area contributed by atoms with Gasteiger partial charge in [-0.05, 0) is 36.2 Å². The van der Waals surface area contributed by atoms with Crippen LogP contribution in [-0.4, -0.2) is 22.5 Å². The highest BCUT2D eigenvalue weighted by molar-refractivity contribution is 5.88. The van der Waals surface area contributed by atoms with Crippen molar-refractivity contribution >= 4 is 16.8 Å². The largest absolute Gasteiger partial charge is 0.477 e. The van der Waals surface area contributed by atoms with Crippen LogP contribution in [0.3, 0.4) is 0 Å². The zero-order valence-corrected chi connectivity index (χ0v) is 14.7. The molecule has 0 bridgehead atoms. The van der Waals surface area contributed by atoms with Gasteiger partial charge in [-0.2, -0.15) is 0 Å². The standard InChI is InChI=1S/C20H22FN3O2/c1-2-3-9-26-20-14(5-4-8-22-20)12-24-19(25)10-15-13-23-18-7-6-16(21)11-17(15)18/h4-8,11,13,23H,2-3,9-10,12H2,1H3,(H,24,25). The number of rotatable bonds is 8. The molecule has 0 aliphatic heterocycles. The summed E-state index contributed by atoms with van der Waals surface area (Å²) in [5.74, 6) is 0.0944. The minimum atomic E-state index is -0.317. The SMILES string of the molecule is CCCCOc1ncccc1CNC(=O)Cc1c[nH]c2ccc(F)cc12. The second-order valence-corrected chi connectivity index (χ2v) is 6.13. The summed E-state index contributed by atoms with van der Waals surface area (Å²) in [6.07, 6.45) is 5.60. The average Bonchev–Trinajstić information content (AvgIpc) is 3.03. The van der Waals surface area contributed by atoms with Crippen molar-refractivity contribution in [1.82, 2.24) is 15.3 Å². The third kappa shape index (κ3) is 4.39. The van der Waals surface area contributed by atoms with Crippen LogP contribution in [0.25, 0.3) is 10.9 Å². The summed E-state index contributed by atoms with van der Waals surface area (Å²) >= 11 is 0. The number of nitrogens with one attached hydrogen (secondary N) is 2. The Hall–Kier alpha value is -2.89. The molecule has 0 radical (unpaired) electrons. The summed E-state index contributed by atoms with van der Waals surface area (Å²) in [5, 5.41) is 3.61. The molecule has 6 heteroatoms. The van der Waals surface area contributed by atoms with E-state index in [1.54, 1.807) is 18.5 Å². The fourth-order valence-corrected chi connectivity index (χ4v) is 2.73. The van der Waals surface area contributed by atoms with Crippen molar-refractivity contribution in [3.63, 3.8) is 0 Å². The predicted octanol–water partition coefficient (Wildman–Crippen LogP) is 3.74. The maximum Gasteiger partial charge on any atom is 0.224 e. The van der Waals surface area contributed by atoms with Gasteiger partial charge in [0, 0.05) is 35.4 Å². The van der Waals surface area contributed by atoms with Crippen LogP contribution in [0.15, 0.2) is 42.7 Å². The molecular weight excluding hydrogens is 333 g/mol. The molecule has 2 aromatic heterocycles. The molecule has 0 aliphatic rings. The number of hydrogen-bond acceptors (Lipinski definition) is 3. The highest BCUT2D eigenvalue weighted by atomic mass is 19.1. The van der Waals surface area contributed by atoms with E-state index in [1.807, 2.05) is 12.1 Å². The zero-order valence-electron chi connectivity index (χ0n) is 14.7. The van der Waals surface area contributed by atoms with Crippen LogP contribution in [-0.2, 0) is 17.8 Å². The van der Waals surface area contributed by atoms with E-state index in [2.05, 4.69) is 22.2 Å². The molecule has 0 saturated carbocycles. The van der Waals surface area contributed by atoms with E-state index < -0.39 is 0 Å². The van der Waals surface area contributed by atoms with Gasteiger partial charge in [-0.3, -0.25) is 4.79 Å². The number of H-pyrrole nitrogens is 1. The molecule has 136 valence electrons. The number of halogens is 1. The highest BCUT2D eigenvalue weighted by Crippen LogP contribution is 2.20. The number of fused-ring (bicyclic) bond motifs is 1. The van der Waals surface area contributed by atoms with E-state index in [0.717, 1.165) is 34.9 Å². The van der Waals surface area contributed by atoms with Gasteiger partial charge in [0.05, 0.1) is 13.0 Å². The molecule has 0 spiro atoms. The smallest absolute Gasteiger partial charge is 0.224 e. The van der Waals surface area contributed by atoms with Crippen LogP contribution in [0.2, 0.25) is 0 Å². The number of benzene rings is 1. The first-order valence-electron chi connectivity index (χ1n) is 8.76. The maximum absolute atomic E-state index is 13.4. The average molecular weight is 355 g/mol. The molecular formula is C20H22FN3O2. The number of aromatic nitrogens is 2. The monoisotopic (exact) mass is 355 g/mol. The Bertz CT molecular complexity index is 892. The fraction of sp³-hybridized carbons (Fsp3) is 0.300. The predicted molar refractivity (Wildman–Crippen MR) is 98.4 cm³/mol. The first-order valence-corrected chi connectivity index (χ1v) is 8.76. The van der Waals surface area contributed by atoms with Gasteiger partial charge in [-0.15, -0.1) is 0 Å². The van der Waals surface area contributed by atoms with Crippen LogP contribution < -0.4 is 10.1 Å². The molecule has 0 unspecified atom stereocenters. The molecule has 26 heavy (non-hydrogen) atoms. The third-order valence-corrected chi connectivity index (χ3v) is 4.14. The molecule has 3 aromatic rings. The Morgan fingerprint density at radius 2 is 2.19 bits per heavy atom. The van der Waals surface area contributed by atoms with Gasteiger partial charge in [0.1, 0.15) is 5.82 Å². The highest BCUT2D eigenvalue weighted by Gasteiger charge is 2.11. The van der Waals surface area contributed by atoms with Crippen LogP contribution in [0.1, 0.15) is 30.9 Å². The number of aromatic amines is 1. The zero-order chi connectivity index (χ0) is 18.4. The number of carbonyl (C=O) groups excluding carboxylic acids is 1. The second-order valence-electron chi connectivity index (χ2n) is 6.13. The fourth-order valence-electron chi connectivity index (χ4n) is 2.73. The Balaban J connectivity index is 1.61. The van der Waals surface area contributed by atoms with E-state index in [1.165, 1.54) is 12.1 Å². The minimum absolute atomic E-state index is 0.140. The van der Waals surface area contributed by atoms with E-state index in [9.17, 15) is 9.18 Å². The lowest BCUT2D eigenvalue weighted by Crippen LogP contribution is -2.25. The molecule has 2 N–H and O–H groups in total. The van der Waals surface area contributed by atoms with E-state index in [-0.39, 0.29) is 18.1 Å². The Morgan fingerprint density at radius 1 is 1.31 bits per heavy atom. The van der Waals surface area contributed by atoms with Crippen molar-refractivity contribution < 1.29 is 13.9 Å². The molecule has 1 aromatic carbocycles. The molecule has 0 fully saturated rings. The van der Waals surface area contributed by atoms with Crippen molar-refractivity contribution in [2.75, 3.05) is 6.61 Å². The van der Waals surface area contributed by atoms with E-state index >= 15 is 0 Å². The second kappa shape index (κ2) is 8.47. The van der Waals surface area contributed by atoms with Gasteiger partial charge in [0.2, 0.25) is 11.8 Å². The van der Waals surface area contributed by atoms with E-state index in [0.29, 0.717) is 19.0 Å². The molecule has 1 amide bonds. The summed E-state index contributed by atoms with van der Waals surface area (Å²) in [7, 11) is 0. The summed E-state index contributed by atoms with van der Waals surface area (Å²) in [6.45, 7) is 3.04. The van der Waals surface area contributed by atoms with Crippen molar-refractivity contribution in [3.8, 4) is 5.88 Å². The van der Waals surface area contributed by atoms with Crippen LogP contribution >= 0.6 is 0 Å². The summed E-state index contributed by atoms with van der Waals surface area (Å²) in [5.41, 5.74) is 2.41. The maximum atomic E-state index is 13.4. The topological polar surface area (TPSA) is 67.0 Å². The quantitative estimate of drug-likeness (QED) is 0.605. The van der Waals surface area contributed by atoms with Gasteiger partial charge in [0.15, 0.2) is 0 Å². The number of ether oxygens (including phenoxy) is 1. The number of hydrogen-bond donors (Lipinski definition) is 2. The first kappa shape index (κ1) is 17.9. The van der Waals surface area contributed by atoms with Crippen molar-refractivity contribution in [3.05, 3.63) is 59.7 Å². The lowest BCUT2D eigenvalue weighted by atomic mass is 10.1. The summed E-state index contributed by atoms with van der Waals surface area (Å²) < 4.78 is 19.1. The third-order valence-electron chi connectivity index (χ3n) is 4.14. The molecule has 0 atom stereocenters. The molecule has 0 saturated heterocycles. The number of amides is 1. The first-order chi connectivity index (χ1) is 12.7. The Morgan fingerprint density at radius 3 is 3.04 bits per heavy atom. The number of unbranched alkanes of at least 4 members (excludes halogenated alkanes) is 1. The Labute approximate surface area is 151 Å². The van der Waals surface area contributed by atoms with Crippen molar-refractivity contribution in [2.45, 2.75) is 32.7 Å². The van der Waals surface area contributed by atoms with Gasteiger partial charge in [-0.1, -0.05) is 19.4 Å². The van der Waals surface area contributed by atoms with Crippen LogP contribution in [0, 0.1) is 5.82 Å². The normalized spacial score (nSPS) is 10.8. The number of nitrogens with zero attached hydrogens (tertiary/aromatic N) is 1. The molecule has 0 aliphatic carbocycles. The molecule has 3 rings (SSSR count). The van der Waals surface area contributed by atoms with Gasteiger partial charge in [-0.25, -0.2) is 9.37 Å². The van der Waals surface area contributed by atoms with Crippen molar-refractivity contribution in [2.24, 2.45) is 0 Å². The summed E-state index contributed by atoms with van der Waals surface area (Å²) in [4.78, 5) is 19.6. The Kier molecular flexibility index (Phi) is 5.84. The van der Waals surface area contributed by atoms with Crippen molar-refractivity contribution in [1.29, 1.82) is 0 Å². The number of carbonyl (C=O) groups is 1. The van der Waals surface area contributed by atoms with Gasteiger partial charge >= 0.3 is 0 Å². The van der Waals surface area contributed by atoms with E-state index in [4.69, 9.17) is 4.74 Å². The van der Waals surface area contributed by atoms with Crippen LogP contribution in [0.5, 0.6) is 5.88 Å². The van der Waals surface area contributed by atoms with Gasteiger partial charge in [0.25, 0.3) is 0 Å². The minimum Gasteiger partial charge on any atom is -0.477 e. The molecule has 2 heterocycles. The number of pyridine rings is 1. The van der Waals surface area contributed by atoms with Gasteiger partial charge < -0.3 is 15.0 Å². The lowest BCUT2D eigenvalue weighted by molar-refractivity contribution is -0.120. The van der Waals surface area contributed by atoms with Crippen LogP contribution in [0.4, 0.5) is 4.39 Å². The summed E-state index contributed by atoms with van der Waals surface area (Å²) in [6, 6.07) is 8.20. The molecule has 5 nitrogen and oxygen atoms in total.